The number of anilines is 1. The predicted molar refractivity (Wildman–Crippen MR) is 124 cm³/mol. The van der Waals surface area contributed by atoms with Crippen molar-refractivity contribution in [2.45, 2.75) is 52.0 Å². The second-order valence-corrected chi connectivity index (χ2v) is 8.19. The molecule has 31 heavy (non-hydrogen) atoms. The number of nitriles is 1. The van der Waals surface area contributed by atoms with Crippen LogP contribution in [0.3, 0.4) is 0 Å². The molecule has 6 heteroatoms. The third kappa shape index (κ3) is 5.39. The number of methoxy groups -OCH3 is 1. The molecule has 1 unspecified atom stereocenters. The van der Waals surface area contributed by atoms with Gasteiger partial charge in [0.1, 0.15) is 17.4 Å². The van der Waals surface area contributed by atoms with Gasteiger partial charge in [-0.1, -0.05) is 36.7 Å². The van der Waals surface area contributed by atoms with E-state index in [2.05, 4.69) is 28.8 Å². The number of carbonyl (C=O) groups is 1. The summed E-state index contributed by atoms with van der Waals surface area (Å²) in [5, 5.41) is 16.1. The first kappa shape index (κ1) is 22.7. The van der Waals surface area contributed by atoms with E-state index in [9.17, 15) is 10.1 Å². The van der Waals surface area contributed by atoms with Gasteiger partial charge in [0.2, 0.25) is 0 Å². The van der Waals surface area contributed by atoms with Crippen LogP contribution in [0.15, 0.2) is 42.1 Å². The molecule has 0 bridgehead atoms. The summed E-state index contributed by atoms with van der Waals surface area (Å²) in [7, 11) is 1.54. The number of halogens is 1. The third-order valence-electron chi connectivity index (χ3n) is 5.71. The monoisotopic (exact) mass is 437 g/mol. The van der Waals surface area contributed by atoms with E-state index in [1.807, 2.05) is 26.0 Å². The predicted octanol–water partition coefficient (Wildman–Crippen LogP) is 5.62. The highest BCUT2D eigenvalue weighted by atomic mass is 35.5. The van der Waals surface area contributed by atoms with E-state index in [4.69, 9.17) is 16.3 Å². The van der Waals surface area contributed by atoms with Gasteiger partial charge in [-0.25, -0.2) is 0 Å². The van der Waals surface area contributed by atoms with E-state index in [1.54, 1.807) is 6.07 Å². The Hall–Kier alpha value is -2.97. The molecule has 1 aliphatic carbocycles. The van der Waals surface area contributed by atoms with Crippen molar-refractivity contribution >= 4 is 23.2 Å². The Bertz CT molecular complexity index is 1040. The van der Waals surface area contributed by atoms with Crippen LogP contribution in [0.4, 0.5) is 5.69 Å². The molecule has 2 aromatic carbocycles. The third-order valence-corrected chi connectivity index (χ3v) is 6.11. The second kappa shape index (κ2) is 10.4. The maximum absolute atomic E-state index is 12.8. The minimum Gasteiger partial charge on any atom is -0.495 e. The molecular weight excluding hydrogens is 410 g/mol. The molecule has 2 N–H and O–H groups in total. The Kier molecular flexibility index (Phi) is 7.59. The summed E-state index contributed by atoms with van der Waals surface area (Å²) in [4.78, 5) is 12.8. The number of benzene rings is 2. The van der Waals surface area contributed by atoms with E-state index < -0.39 is 5.91 Å². The van der Waals surface area contributed by atoms with Crippen molar-refractivity contribution in [1.29, 1.82) is 5.26 Å². The van der Waals surface area contributed by atoms with Crippen molar-refractivity contribution in [1.82, 2.24) is 5.32 Å². The van der Waals surface area contributed by atoms with Crippen molar-refractivity contribution in [3.8, 4) is 11.8 Å². The van der Waals surface area contributed by atoms with Crippen molar-refractivity contribution in [3.05, 3.63) is 69.4 Å². The molecule has 5 nitrogen and oxygen atoms in total. The molecule has 2 aromatic rings. The van der Waals surface area contributed by atoms with E-state index in [1.165, 1.54) is 37.3 Å². The zero-order valence-corrected chi connectivity index (χ0v) is 19.0. The van der Waals surface area contributed by atoms with E-state index in [0.717, 1.165) is 30.4 Å². The molecule has 0 radical (unpaired) electrons. The summed E-state index contributed by atoms with van der Waals surface area (Å²) >= 11 is 6.14. The number of rotatable bonds is 7. The summed E-state index contributed by atoms with van der Waals surface area (Å²) in [5.41, 5.74) is 5.35. The van der Waals surface area contributed by atoms with E-state index >= 15 is 0 Å². The molecule has 0 heterocycles. The van der Waals surface area contributed by atoms with Gasteiger partial charge in [-0.2, -0.15) is 5.26 Å². The number of aryl methyl sites for hydroxylation is 3. The first-order chi connectivity index (χ1) is 15.0. The Morgan fingerprint density at radius 1 is 1.26 bits per heavy atom. The average Bonchev–Trinajstić information content (AvgIpc) is 2.79. The molecule has 162 valence electrons. The number of hydrogen-bond donors (Lipinski definition) is 2. The summed E-state index contributed by atoms with van der Waals surface area (Å²) in [6.07, 6.45) is 6.80. The smallest absolute Gasteiger partial charge is 0.263 e. The maximum Gasteiger partial charge on any atom is 0.263 e. The number of carbonyl (C=O) groups excluding carboxylic acids is 1. The normalized spacial score (nSPS) is 14.2. The van der Waals surface area contributed by atoms with Gasteiger partial charge < -0.3 is 15.4 Å². The van der Waals surface area contributed by atoms with Crippen LogP contribution in [-0.2, 0) is 17.6 Å². The summed E-state index contributed by atoms with van der Waals surface area (Å²) in [5.74, 6) is 0.120. The molecule has 0 saturated carbocycles. The van der Waals surface area contributed by atoms with Gasteiger partial charge >= 0.3 is 0 Å². The lowest BCUT2D eigenvalue weighted by Gasteiger charge is -2.21. The van der Waals surface area contributed by atoms with Crippen LogP contribution in [0, 0.1) is 18.3 Å². The van der Waals surface area contributed by atoms with Crippen molar-refractivity contribution < 1.29 is 9.53 Å². The minimum atomic E-state index is -0.413. The van der Waals surface area contributed by atoms with Crippen LogP contribution < -0.4 is 15.4 Å². The highest BCUT2D eigenvalue weighted by molar-refractivity contribution is 6.31. The van der Waals surface area contributed by atoms with Crippen molar-refractivity contribution in [2.75, 3.05) is 12.4 Å². The first-order valence-electron chi connectivity index (χ1n) is 10.6. The Morgan fingerprint density at radius 3 is 2.68 bits per heavy atom. The van der Waals surface area contributed by atoms with Crippen LogP contribution in [0.5, 0.6) is 5.75 Å². The SMILES string of the molecule is CCC(NC(=O)/C(C#N)=C\Nc1cc(C)c(Cl)cc1OC)c1ccc2c(c1)CCCC2. The van der Waals surface area contributed by atoms with Crippen molar-refractivity contribution in [3.63, 3.8) is 0 Å². The standard InChI is InChI=1S/C25H28ClN3O2/c1-4-22(19-10-9-17-7-5-6-8-18(17)12-19)29-25(30)20(14-27)15-28-23-11-16(2)21(26)13-24(23)31-3/h9-13,15,22,28H,4-8H2,1-3H3,(H,29,30)/b20-15-. The van der Waals surface area contributed by atoms with Gasteiger partial charge in [-0.05, 0) is 67.3 Å². The lowest BCUT2D eigenvalue weighted by atomic mass is 9.88. The van der Waals surface area contributed by atoms with Crippen LogP contribution in [0.25, 0.3) is 0 Å². The first-order valence-corrected chi connectivity index (χ1v) is 11.0. The highest BCUT2D eigenvalue weighted by Gasteiger charge is 2.18. The average molecular weight is 438 g/mol. The Morgan fingerprint density at radius 2 is 2.00 bits per heavy atom. The molecule has 0 aliphatic heterocycles. The van der Waals surface area contributed by atoms with Crippen LogP contribution >= 0.6 is 11.6 Å². The summed E-state index contributed by atoms with van der Waals surface area (Å²) < 4.78 is 5.33. The molecule has 0 aromatic heterocycles. The van der Waals surface area contributed by atoms with Crippen LogP contribution in [-0.4, -0.2) is 13.0 Å². The largest absolute Gasteiger partial charge is 0.495 e. The number of amides is 1. The summed E-state index contributed by atoms with van der Waals surface area (Å²) in [6.45, 7) is 3.90. The zero-order valence-electron chi connectivity index (χ0n) is 18.2. The molecular formula is C25H28ClN3O2. The lowest BCUT2D eigenvalue weighted by molar-refractivity contribution is -0.117. The topological polar surface area (TPSA) is 74.2 Å². The number of hydrogen-bond acceptors (Lipinski definition) is 4. The number of nitrogens with one attached hydrogen (secondary N) is 2. The van der Waals surface area contributed by atoms with Gasteiger partial charge in [0.05, 0.1) is 18.8 Å². The van der Waals surface area contributed by atoms with E-state index in [-0.39, 0.29) is 11.6 Å². The van der Waals surface area contributed by atoms with Gasteiger partial charge in [0.15, 0.2) is 0 Å². The van der Waals surface area contributed by atoms with Gasteiger partial charge in [-0.15, -0.1) is 0 Å². The Balaban J connectivity index is 1.76. The van der Waals surface area contributed by atoms with Gasteiger partial charge in [0.25, 0.3) is 5.91 Å². The maximum atomic E-state index is 12.8. The van der Waals surface area contributed by atoms with E-state index in [0.29, 0.717) is 16.5 Å². The Labute approximate surface area is 189 Å². The minimum absolute atomic E-state index is 0.00827. The molecule has 0 spiro atoms. The molecule has 1 amide bonds. The molecule has 0 fully saturated rings. The molecule has 1 aliphatic rings. The molecule has 3 rings (SSSR count). The van der Waals surface area contributed by atoms with Gasteiger partial charge in [0, 0.05) is 17.3 Å². The van der Waals surface area contributed by atoms with Crippen molar-refractivity contribution in [2.24, 2.45) is 0 Å². The quantitative estimate of drug-likeness (QED) is 0.435. The highest BCUT2D eigenvalue weighted by Crippen LogP contribution is 2.31. The lowest BCUT2D eigenvalue weighted by Crippen LogP contribution is -2.29. The number of fused-ring (bicyclic) bond motifs is 1. The second-order valence-electron chi connectivity index (χ2n) is 7.79. The fourth-order valence-corrected chi connectivity index (χ4v) is 4.02. The van der Waals surface area contributed by atoms with Crippen LogP contribution in [0.1, 0.15) is 54.5 Å². The fraction of sp³-hybridized carbons (Fsp3) is 0.360. The molecule has 1 atom stereocenters. The zero-order chi connectivity index (χ0) is 22.4. The number of nitrogens with zero attached hydrogens (tertiary/aromatic N) is 1. The fourth-order valence-electron chi connectivity index (χ4n) is 3.87. The summed E-state index contributed by atoms with van der Waals surface area (Å²) in [6, 6.07) is 11.8. The molecule has 0 saturated heterocycles. The number of ether oxygens (including phenoxy) is 1. The van der Waals surface area contributed by atoms with Gasteiger partial charge in [-0.3, -0.25) is 4.79 Å². The van der Waals surface area contributed by atoms with Crippen LogP contribution in [0.2, 0.25) is 5.02 Å².